The smallest absolute Gasteiger partial charge is 0.337 e. The van der Waals surface area contributed by atoms with Crippen molar-refractivity contribution in [1.82, 2.24) is 0 Å². The number of carbonyl (C=O) groups is 1. The monoisotopic (exact) mass is 398 g/mol. The van der Waals surface area contributed by atoms with Crippen LogP contribution in [0, 0.1) is 17.5 Å². The molecule has 4 rings (SSSR count). The van der Waals surface area contributed by atoms with Crippen LogP contribution in [0.25, 0.3) is 32.9 Å². The van der Waals surface area contributed by atoms with Crippen LogP contribution in [0.5, 0.6) is 5.75 Å². The molecule has 0 fully saturated rings. The van der Waals surface area contributed by atoms with Crippen LogP contribution in [0.4, 0.5) is 13.2 Å². The first-order chi connectivity index (χ1) is 13.8. The van der Waals surface area contributed by atoms with Crippen molar-refractivity contribution in [2.45, 2.75) is 0 Å². The topological polar surface area (TPSA) is 50.4 Å². The first-order valence-electron chi connectivity index (χ1n) is 8.64. The zero-order valence-corrected chi connectivity index (χ0v) is 15.5. The second-order valence-electron chi connectivity index (χ2n) is 6.55. The normalized spacial score (nSPS) is 11.2. The number of methoxy groups -OCH3 is 1. The van der Waals surface area contributed by atoms with E-state index in [0.29, 0.717) is 21.8 Å². The summed E-state index contributed by atoms with van der Waals surface area (Å²) < 4.78 is 48.8. The number of para-hydroxylation sites is 1. The lowest BCUT2D eigenvalue weighted by atomic mass is 9.96. The van der Waals surface area contributed by atoms with Crippen LogP contribution < -0.4 is 9.30 Å². The van der Waals surface area contributed by atoms with Gasteiger partial charge in [-0.2, -0.15) is 4.57 Å². The summed E-state index contributed by atoms with van der Waals surface area (Å²) in [5, 5.41) is 10.7. The molecule has 0 spiro atoms. The van der Waals surface area contributed by atoms with Gasteiger partial charge in [0.15, 0.2) is 17.5 Å². The van der Waals surface area contributed by atoms with E-state index in [4.69, 9.17) is 4.74 Å². The summed E-state index contributed by atoms with van der Waals surface area (Å²) in [5.74, 6) is -5.25. The molecule has 0 amide bonds. The number of pyridine rings is 1. The van der Waals surface area contributed by atoms with Gasteiger partial charge in [0.2, 0.25) is 11.0 Å². The summed E-state index contributed by atoms with van der Waals surface area (Å²) in [7, 11) is 3.13. The third-order valence-electron chi connectivity index (χ3n) is 5.02. The fourth-order valence-corrected chi connectivity index (χ4v) is 3.64. The van der Waals surface area contributed by atoms with Crippen LogP contribution in [0.15, 0.2) is 48.5 Å². The predicted octanol–water partition coefficient (Wildman–Crippen LogP) is 4.61. The lowest BCUT2D eigenvalue weighted by Crippen LogP contribution is -2.31. The van der Waals surface area contributed by atoms with Gasteiger partial charge in [0.05, 0.1) is 29.5 Å². The molecule has 1 N–H and O–H groups in total. The number of hydrogen-bond donors (Lipinski definition) is 1. The molecule has 4 nitrogen and oxygen atoms in total. The maximum Gasteiger partial charge on any atom is 0.337 e. The van der Waals surface area contributed by atoms with Crippen molar-refractivity contribution in [3.8, 4) is 16.9 Å². The SMILES string of the molecule is COc1cc2c(cc1-c1ccc(F)c(F)c1F)c(C(=O)O)c1ccccc1[n+]2C. The van der Waals surface area contributed by atoms with Gasteiger partial charge in [0, 0.05) is 17.2 Å². The van der Waals surface area contributed by atoms with E-state index in [1.807, 2.05) is 0 Å². The first kappa shape index (κ1) is 18.7. The van der Waals surface area contributed by atoms with E-state index in [0.717, 1.165) is 12.1 Å². The molecule has 0 saturated heterocycles. The lowest BCUT2D eigenvalue weighted by molar-refractivity contribution is -0.617. The number of ether oxygens (including phenoxy) is 1. The highest BCUT2D eigenvalue weighted by atomic mass is 19.2. The van der Waals surface area contributed by atoms with E-state index in [2.05, 4.69) is 0 Å². The van der Waals surface area contributed by atoms with Crippen LogP contribution in [-0.2, 0) is 7.05 Å². The minimum absolute atomic E-state index is 0.0283. The molecule has 146 valence electrons. The second kappa shape index (κ2) is 6.77. The van der Waals surface area contributed by atoms with Gasteiger partial charge in [-0.15, -0.1) is 0 Å². The summed E-state index contributed by atoms with van der Waals surface area (Å²) in [6.45, 7) is 0. The highest BCUT2D eigenvalue weighted by Gasteiger charge is 2.26. The van der Waals surface area contributed by atoms with Crippen molar-refractivity contribution in [2.75, 3.05) is 7.11 Å². The van der Waals surface area contributed by atoms with Gasteiger partial charge in [0.25, 0.3) is 0 Å². The fourth-order valence-electron chi connectivity index (χ4n) is 3.64. The maximum atomic E-state index is 14.5. The van der Waals surface area contributed by atoms with Gasteiger partial charge in [-0.25, -0.2) is 18.0 Å². The molecule has 0 unspecified atom stereocenters. The van der Waals surface area contributed by atoms with Crippen molar-refractivity contribution < 1.29 is 32.4 Å². The Labute approximate surface area is 163 Å². The van der Waals surface area contributed by atoms with E-state index in [9.17, 15) is 23.1 Å². The van der Waals surface area contributed by atoms with E-state index in [1.54, 1.807) is 41.9 Å². The number of halogens is 3. The highest BCUT2D eigenvalue weighted by molar-refractivity contribution is 6.13. The van der Waals surface area contributed by atoms with Crippen molar-refractivity contribution in [1.29, 1.82) is 0 Å². The Bertz CT molecular complexity index is 1320. The Balaban J connectivity index is 2.19. The van der Waals surface area contributed by atoms with E-state index < -0.39 is 23.4 Å². The van der Waals surface area contributed by atoms with Gasteiger partial charge >= 0.3 is 5.97 Å². The summed E-state index contributed by atoms with van der Waals surface area (Å²) >= 11 is 0. The van der Waals surface area contributed by atoms with Crippen molar-refractivity contribution in [3.05, 3.63) is 71.5 Å². The standard InChI is InChI=1S/C22H14F3NO3/c1-26-16-6-4-3-5-12(16)19(22(27)28)14-9-13(18(29-2)10-17(14)26)11-7-8-15(23)21(25)20(11)24/h3-10H,1-2H3/p+1. The summed E-state index contributed by atoms with van der Waals surface area (Å²) in [6, 6.07) is 11.9. The quantitative estimate of drug-likeness (QED) is 0.312. The van der Waals surface area contributed by atoms with E-state index in [1.165, 1.54) is 13.2 Å². The second-order valence-corrected chi connectivity index (χ2v) is 6.55. The summed E-state index contributed by atoms with van der Waals surface area (Å²) in [4.78, 5) is 12.1. The molecule has 0 atom stereocenters. The maximum absolute atomic E-state index is 14.5. The van der Waals surface area contributed by atoms with Gasteiger partial charge in [-0.05, 0) is 24.3 Å². The molecule has 3 aromatic carbocycles. The Morgan fingerprint density at radius 2 is 1.66 bits per heavy atom. The Hall–Kier alpha value is -3.61. The number of hydrogen-bond acceptors (Lipinski definition) is 2. The van der Waals surface area contributed by atoms with Crippen LogP contribution in [-0.4, -0.2) is 18.2 Å². The van der Waals surface area contributed by atoms with Crippen LogP contribution in [0.2, 0.25) is 0 Å². The number of benzene rings is 3. The summed E-state index contributed by atoms with van der Waals surface area (Å²) in [5.41, 5.74) is 1.14. The van der Waals surface area contributed by atoms with E-state index >= 15 is 0 Å². The number of carboxylic acids is 1. The van der Waals surface area contributed by atoms with Crippen molar-refractivity contribution in [3.63, 3.8) is 0 Å². The molecule has 0 bridgehead atoms. The minimum Gasteiger partial charge on any atom is -0.496 e. The van der Waals surface area contributed by atoms with Crippen molar-refractivity contribution >= 4 is 27.8 Å². The molecule has 0 radical (unpaired) electrons. The summed E-state index contributed by atoms with van der Waals surface area (Å²) in [6.07, 6.45) is 0. The van der Waals surface area contributed by atoms with Gasteiger partial charge < -0.3 is 9.84 Å². The number of aryl methyl sites for hydroxylation is 1. The Morgan fingerprint density at radius 1 is 0.931 bits per heavy atom. The zero-order valence-electron chi connectivity index (χ0n) is 15.5. The van der Waals surface area contributed by atoms with E-state index in [-0.39, 0.29) is 22.4 Å². The Morgan fingerprint density at radius 3 is 2.34 bits per heavy atom. The molecule has 0 saturated carbocycles. The van der Waals surface area contributed by atoms with Gasteiger partial charge in [-0.3, -0.25) is 0 Å². The molecule has 0 aliphatic heterocycles. The average Bonchev–Trinajstić information content (AvgIpc) is 2.71. The number of rotatable bonds is 3. The Kier molecular flexibility index (Phi) is 4.38. The average molecular weight is 398 g/mol. The number of carboxylic acid groups (broad SMARTS) is 1. The number of fused-ring (bicyclic) bond motifs is 2. The molecule has 1 heterocycles. The third kappa shape index (κ3) is 2.77. The molecule has 4 aromatic rings. The van der Waals surface area contributed by atoms with Crippen LogP contribution in [0.1, 0.15) is 10.4 Å². The molecular formula is C22H15F3NO3+. The van der Waals surface area contributed by atoms with Crippen LogP contribution in [0.3, 0.4) is 0 Å². The van der Waals surface area contributed by atoms with Crippen molar-refractivity contribution in [2.24, 2.45) is 7.05 Å². The largest absolute Gasteiger partial charge is 0.496 e. The molecule has 1 aromatic heterocycles. The number of nitrogens with zero attached hydrogens (tertiary/aromatic N) is 1. The van der Waals surface area contributed by atoms with Gasteiger partial charge in [-0.1, -0.05) is 12.1 Å². The zero-order chi connectivity index (χ0) is 20.9. The molecule has 7 heteroatoms. The van der Waals surface area contributed by atoms with Crippen LogP contribution >= 0.6 is 0 Å². The van der Waals surface area contributed by atoms with Gasteiger partial charge in [0.1, 0.15) is 12.8 Å². The minimum atomic E-state index is -1.60. The predicted molar refractivity (Wildman–Crippen MR) is 101 cm³/mol. The molecule has 29 heavy (non-hydrogen) atoms. The molecule has 0 aliphatic rings. The number of aromatic carboxylic acids is 1. The first-order valence-corrected chi connectivity index (χ1v) is 8.64. The molecule has 0 aliphatic carbocycles. The molecular weight excluding hydrogens is 383 g/mol. The lowest BCUT2D eigenvalue weighted by Gasteiger charge is -2.13. The third-order valence-corrected chi connectivity index (χ3v) is 5.02. The fraction of sp³-hybridized carbons (Fsp3) is 0.0909. The number of aromatic nitrogens is 1. The highest BCUT2D eigenvalue weighted by Crippen LogP contribution is 2.38.